The summed E-state index contributed by atoms with van der Waals surface area (Å²) in [5, 5.41) is 0. The van der Waals surface area contributed by atoms with Crippen molar-refractivity contribution in [1.82, 2.24) is 0 Å². The Morgan fingerprint density at radius 2 is 1.58 bits per heavy atom. The number of carbonyl (C=O) groups excluding carboxylic acids is 1. The molecule has 0 unspecified atom stereocenters. The Morgan fingerprint density at radius 1 is 1.11 bits per heavy atom. The Hall–Kier alpha value is -1.06. The van der Waals surface area contributed by atoms with Crippen LogP contribution in [0, 0.1) is 20.8 Å². The van der Waals surface area contributed by atoms with Crippen LogP contribution in [0.15, 0.2) is 12.1 Å². The van der Waals surface area contributed by atoms with Crippen LogP contribution in [0.1, 0.15) is 30.5 Å². The van der Waals surface area contributed by atoms with E-state index in [-0.39, 0.29) is 18.4 Å². The predicted octanol–water partition coefficient (Wildman–Crippen LogP) is -1.55. The van der Waals surface area contributed by atoms with Gasteiger partial charge >= 0.3 is 5.97 Å². The zero-order valence-corrected chi connectivity index (χ0v) is 13.2. The largest absolute Gasteiger partial charge is 1.00 e. The topological polar surface area (TPSA) is 30.7 Å². The lowest BCUT2D eigenvalue weighted by molar-refractivity contribution is -0.888. The number of hydrogen-bond donors (Lipinski definition) is 1. The van der Waals surface area contributed by atoms with E-state index >= 15 is 0 Å². The van der Waals surface area contributed by atoms with E-state index in [4.69, 9.17) is 4.74 Å². The zero-order chi connectivity index (χ0) is 13.7. The number of rotatable bonds is 5. The van der Waals surface area contributed by atoms with Gasteiger partial charge in [0.2, 0.25) is 0 Å². The van der Waals surface area contributed by atoms with Gasteiger partial charge in [0, 0.05) is 0 Å². The first-order valence-electron chi connectivity index (χ1n) is 6.60. The summed E-state index contributed by atoms with van der Waals surface area (Å²) in [7, 11) is 0. The molecule has 1 aromatic carbocycles. The number of ether oxygens (including phenoxy) is 1. The molecule has 108 valence electrons. The van der Waals surface area contributed by atoms with Crippen LogP contribution in [0.5, 0.6) is 5.75 Å². The average Bonchev–Trinajstić information content (AvgIpc) is 2.30. The van der Waals surface area contributed by atoms with Crippen molar-refractivity contribution in [2.75, 3.05) is 19.6 Å². The molecule has 0 saturated heterocycles. The fourth-order valence-corrected chi connectivity index (χ4v) is 2.18. The molecule has 1 rings (SSSR count). The van der Waals surface area contributed by atoms with Gasteiger partial charge in [0.05, 0.1) is 13.1 Å². The Kier molecular flexibility index (Phi) is 7.72. The Morgan fingerprint density at radius 3 is 2.00 bits per heavy atom. The maximum atomic E-state index is 11.9. The van der Waals surface area contributed by atoms with Crippen LogP contribution in [0.3, 0.4) is 0 Å². The Balaban J connectivity index is 0.00000324. The van der Waals surface area contributed by atoms with E-state index < -0.39 is 0 Å². The number of esters is 1. The summed E-state index contributed by atoms with van der Waals surface area (Å²) >= 11 is 0. The average molecular weight is 286 g/mol. The highest BCUT2D eigenvalue weighted by molar-refractivity contribution is 5.74. The molecule has 0 atom stereocenters. The SMILES string of the molecule is CC[NH+](CC)CC(=O)Oc1c(C)cc(C)cc1C.[Cl-]. The molecular formula is C15H24ClNO2. The fourth-order valence-electron chi connectivity index (χ4n) is 2.18. The second kappa shape index (κ2) is 8.18. The monoisotopic (exact) mass is 285 g/mol. The van der Waals surface area contributed by atoms with E-state index in [0.717, 1.165) is 30.0 Å². The van der Waals surface area contributed by atoms with Gasteiger partial charge in [-0.05, 0) is 45.7 Å². The summed E-state index contributed by atoms with van der Waals surface area (Å²) in [5.74, 6) is 0.570. The number of nitrogens with one attached hydrogen (secondary N) is 1. The third-order valence-electron chi connectivity index (χ3n) is 3.21. The van der Waals surface area contributed by atoms with Crippen LogP contribution >= 0.6 is 0 Å². The molecule has 0 aromatic heterocycles. The number of carbonyl (C=O) groups is 1. The first kappa shape index (κ1) is 17.9. The highest BCUT2D eigenvalue weighted by Crippen LogP contribution is 2.24. The van der Waals surface area contributed by atoms with Gasteiger partial charge in [-0.1, -0.05) is 17.7 Å². The Bertz CT molecular complexity index is 405. The molecule has 0 fully saturated rings. The van der Waals surface area contributed by atoms with E-state index in [2.05, 4.69) is 13.8 Å². The lowest BCUT2D eigenvalue weighted by Crippen LogP contribution is -3.12. The number of hydrogen-bond acceptors (Lipinski definition) is 2. The van der Waals surface area contributed by atoms with Crippen molar-refractivity contribution in [2.45, 2.75) is 34.6 Å². The van der Waals surface area contributed by atoms with Crippen molar-refractivity contribution < 1.29 is 26.8 Å². The second-order valence-electron chi connectivity index (χ2n) is 4.84. The molecule has 0 aliphatic carbocycles. The lowest BCUT2D eigenvalue weighted by Gasteiger charge is -2.16. The van der Waals surface area contributed by atoms with E-state index in [1.54, 1.807) is 0 Å². The third-order valence-corrected chi connectivity index (χ3v) is 3.21. The molecular weight excluding hydrogens is 262 g/mol. The molecule has 1 aromatic rings. The first-order valence-corrected chi connectivity index (χ1v) is 6.60. The van der Waals surface area contributed by atoms with Crippen LogP contribution in [0.2, 0.25) is 0 Å². The first-order chi connectivity index (χ1) is 8.47. The maximum absolute atomic E-state index is 11.9. The molecule has 0 saturated carbocycles. The maximum Gasteiger partial charge on any atom is 0.367 e. The van der Waals surface area contributed by atoms with Gasteiger partial charge in [0.1, 0.15) is 5.75 Å². The normalized spacial score (nSPS) is 10.2. The van der Waals surface area contributed by atoms with E-state index in [1.165, 1.54) is 10.5 Å². The van der Waals surface area contributed by atoms with Crippen molar-refractivity contribution in [1.29, 1.82) is 0 Å². The van der Waals surface area contributed by atoms with Crippen LogP contribution in [-0.2, 0) is 4.79 Å². The molecule has 3 nitrogen and oxygen atoms in total. The highest BCUT2D eigenvalue weighted by atomic mass is 35.5. The minimum Gasteiger partial charge on any atom is -1.00 e. The van der Waals surface area contributed by atoms with Gasteiger partial charge < -0.3 is 22.0 Å². The van der Waals surface area contributed by atoms with Crippen LogP contribution in [0.4, 0.5) is 0 Å². The van der Waals surface area contributed by atoms with Gasteiger partial charge in [0.25, 0.3) is 0 Å². The van der Waals surface area contributed by atoms with Crippen molar-refractivity contribution in [3.63, 3.8) is 0 Å². The summed E-state index contributed by atoms with van der Waals surface area (Å²) in [6.45, 7) is 12.5. The van der Waals surface area contributed by atoms with Crippen LogP contribution < -0.4 is 22.0 Å². The molecule has 0 heterocycles. The van der Waals surface area contributed by atoms with Crippen LogP contribution in [0.25, 0.3) is 0 Å². The predicted molar refractivity (Wildman–Crippen MR) is 73.2 cm³/mol. The number of likely N-dealkylation sites (N-methyl/N-ethyl adjacent to an activating group) is 1. The van der Waals surface area contributed by atoms with Gasteiger partial charge in [-0.2, -0.15) is 0 Å². The summed E-state index contributed by atoms with van der Waals surface area (Å²) < 4.78 is 5.51. The molecule has 0 bridgehead atoms. The lowest BCUT2D eigenvalue weighted by atomic mass is 10.1. The second-order valence-corrected chi connectivity index (χ2v) is 4.84. The number of quaternary nitrogens is 1. The van der Waals surface area contributed by atoms with Crippen molar-refractivity contribution in [2.24, 2.45) is 0 Å². The van der Waals surface area contributed by atoms with Crippen molar-refractivity contribution in [3.8, 4) is 5.75 Å². The Labute approximate surface area is 122 Å². The zero-order valence-electron chi connectivity index (χ0n) is 12.5. The van der Waals surface area contributed by atoms with Gasteiger partial charge in [0.15, 0.2) is 6.54 Å². The minimum absolute atomic E-state index is 0. The van der Waals surface area contributed by atoms with Gasteiger partial charge in [-0.15, -0.1) is 0 Å². The molecule has 0 aliphatic heterocycles. The molecule has 0 amide bonds. The van der Waals surface area contributed by atoms with E-state index in [9.17, 15) is 4.79 Å². The van der Waals surface area contributed by atoms with E-state index in [1.807, 2.05) is 32.9 Å². The summed E-state index contributed by atoms with van der Waals surface area (Å²) in [4.78, 5) is 13.1. The van der Waals surface area contributed by atoms with Crippen LogP contribution in [-0.4, -0.2) is 25.6 Å². The number of halogens is 1. The number of aryl methyl sites for hydroxylation is 3. The summed E-state index contributed by atoms with van der Waals surface area (Å²) in [6.07, 6.45) is 0. The fraction of sp³-hybridized carbons (Fsp3) is 0.533. The third kappa shape index (κ3) is 5.21. The summed E-state index contributed by atoms with van der Waals surface area (Å²) in [5.41, 5.74) is 3.24. The van der Waals surface area contributed by atoms with Gasteiger partial charge in [-0.3, -0.25) is 0 Å². The van der Waals surface area contributed by atoms with Crippen molar-refractivity contribution in [3.05, 3.63) is 28.8 Å². The minimum atomic E-state index is -0.149. The van der Waals surface area contributed by atoms with Crippen molar-refractivity contribution >= 4 is 5.97 Å². The number of benzene rings is 1. The molecule has 0 radical (unpaired) electrons. The summed E-state index contributed by atoms with van der Waals surface area (Å²) in [6, 6.07) is 4.08. The molecule has 4 heteroatoms. The highest BCUT2D eigenvalue weighted by Gasteiger charge is 2.15. The van der Waals surface area contributed by atoms with E-state index in [0.29, 0.717) is 6.54 Å². The van der Waals surface area contributed by atoms with Gasteiger partial charge in [-0.25, -0.2) is 4.79 Å². The molecule has 0 spiro atoms. The molecule has 19 heavy (non-hydrogen) atoms. The smallest absolute Gasteiger partial charge is 0.367 e. The molecule has 1 N–H and O–H groups in total. The quantitative estimate of drug-likeness (QED) is 0.524. The standard InChI is InChI=1S/C15H23NO2.ClH/c1-6-16(7-2)10-14(17)18-15-12(4)8-11(3)9-13(15)5;/h8-9H,6-7,10H2,1-5H3;1H. The molecule has 0 aliphatic rings.